The summed E-state index contributed by atoms with van der Waals surface area (Å²) in [6.07, 6.45) is 4.00. The van der Waals surface area contributed by atoms with E-state index in [1.165, 1.54) is 5.32 Å². The molecule has 1 aliphatic rings. The van der Waals surface area contributed by atoms with E-state index in [1.54, 1.807) is 4.03 Å². The minimum absolute atomic E-state index is 0.528. The van der Waals surface area contributed by atoms with Crippen LogP contribution < -0.4 is 5.84 Å². The molecule has 0 aromatic rings. The molecule has 0 saturated carbocycles. The molecule has 1 rings (SSSR count). The molecule has 2 N–H and O–H groups in total. The van der Waals surface area contributed by atoms with Crippen molar-refractivity contribution in [2.75, 3.05) is 0 Å². The molecule has 0 bridgehead atoms. The first-order valence-electron chi connectivity index (χ1n) is 1.73. The van der Waals surface area contributed by atoms with E-state index in [2.05, 4.69) is 6.08 Å². The van der Waals surface area contributed by atoms with Crippen LogP contribution >= 0.6 is 0 Å². The van der Waals surface area contributed by atoms with Gasteiger partial charge in [-0.1, -0.05) is 0 Å². The van der Waals surface area contributed by atoms with E-state index in [1.807, 2.05) is 6.20 Å². The zero-order chi connectivity index (χ0) is 4.41. The fourth-order valence-electron chi connectivity index (χ4n) is 0.319. The summed E-state index contributed by atoms with van der Waals surface area (Å²) in [6.45, 7) is 0. The van der Waals surface area contributed by atoms with Crippen LogP contribution in [-0.2, 0) is 0 Å². The van der Waals surface area contributed by atoms with Crippen molar-refractivity contribution in [3.05, 3.63) is 12.3 Å². The van der Waals surface area contributed by atoms with Crippen molar-refractivity contribution in [2.24, 2.45) is 5.84 Å². The molecule has 0 unspecified atom stereocenters. The first kappa shape index (κ1) is 4.19. The van der Waals surface area contributed by atoms with Gasteiger partial charge in [0.05, 0.1) is 0 Å². The number of hydrogen-bond acceptors (Lipinski definition) is 2. The predicted molar refractivity (Wildman–Crippen MR) is 25.7 cm³/mol. The first-order valence-corrected chi connectivity index (χ1v) is 3.71. The number of rotatable bonds is 0. The second-order valence-electron chi connectivity index (χ2n) is 1.04. The second kappa shape index (κ2) is 1.65. The van der Waals surface area contributed by atoms with Gasteiger partial charge in [0.25, 0.3) is 0 Å². The third-order valence-corrected chi connectivity index (χ3v) is 2.17. The Balaban J connectivity index is 2.38. The predicted octanol–water partition coefficient (Wildman–Crippen LogP) is -0.273. The maximum absolute atomic E-state index is 5.31. The molecule has 6 heavy (non-hydrogen) atoms. The molecule has 0 spiro atoms. The van der Waals surface area contributed by atoms with Crippen LogP contribution in [0.2, 0.25) is 5.32 Å². The van der Waals surface area contributed by atoms with E-state index >= 15 is 0 Å². The van der Waals surface area contributed by atoms with Crippen LogP contribution in [0.5, 0.6) is 0 Å². The van der Waals surface area contributed by atoms with Gasteiger partial charge in [-0.3, -0.25) is 0 Å². The Morgan fingerprint density at radius 2 is 2.67 bits per heavy atom. The van der Waals surface area contributed by atoms with Gasteiger partial charge in [0.2, 0.25) is 0 Å². The second-order valence-corrected chi connectivity index (χ2v) is 3.17. The van der Waals surface area contributed by atoms with E-state index in [0.29, 0.717) is 15.2 Å². The SMILES string of the molecule is NN1C=CC[Se]1. The minimum atomic E-state index is 0.528. The van der Waals surface area contributed by atoms with Crippen LogP contribution in [0.1, 0.15) is 0 Å². The van der Waals surface area contributed by atoms with Crippen LogP contribution in [0.3, 0.4) is 0 Å². The van der Waals surface area contributed by atoms with Crippen LogP contribution in [0.25, 0.3) is 0 Å². The molecule has 1 aliphatic heterocycles. The summed E-state index contributed by atoms with van der Waals surface area (Å²) < 4.78 is 1.74. The van der Waals surface area contributed by atoms with Gasteiger partial charge in [-0.15, -0.1) is 0 Å². The number of allylic oxidation sites excluding steroid dienone is 1. The van der Waals surface area contributed by atoms with Crippen molar-refractivity contribution in [2.45, 2.75) is 5.32 Å². The van der Waals surface area contributed by atoms with E-state index in [-0.39, 0.29) is 0 Å². The van der Waals surface area contributed by atoms with Crippen LogP contribution in [0.4, 0.5) is 0 Å². The number of hydrogen-bond donors (Lipinski definition) is 1. The van der Waals surface area contributed by atoms with Gasteiger partial charge >= 0.3 is 42.6 Å². The zero-order valence-corrected chi connectivity index (χ0v) is 5.01. The molecule has 0 amide bonds. The topological polar surface area (TPSA) is 29.3 Å². The molecular formula is C3H6N2Se. The summed E-state index contributed by atoms with van der Waals surface area (Å²) in [5, 5.41) is 1.17. The van der Waals surface area contributed by atoms with Crippen LogP contribution in [0, 0.1) is 0 Å². The molecule has 0 aromatic carbocycles. The van der Waals surface area contributed by atoms with Gasteiger partial charge in [-0.05, 0) is 0 Å². The van der Waals surface area contributed by atoms with E-state index in [4.69, 9.17) is 5.84 Å². The normalized spacial score (nSPS) is 19.8. The molecule has 34 valence electrons. The average molecular weight is 149 g/mol. The fraction of sp³-hybridized carbons (Fsp3) is 0.333. The van der Waals surface area contributed by atoms with Crippen molar-refractivity contribution in [3.8, 4) is 0 Å². The molecule has 0 radical (unpaired) electrons. The maximum atomic E-state index is 5.31. The molecule has 0 atom stereocenters. The van der Waals surface area contributed by atoms with E-state index in [0.717, 1.165) is 0 Å². The Morgan fingerprint density at radius 1 is 1.83 bits per heavy atom. The van der Waals surface area contributed by atoms with Crippen molar-refractivity contribution >= 4 is 15.2 Å². The first-order chi connectivity index (χ1) is 2.89. The third-order valence-electron chi connectivity index (χ3n) is 0.572. The third kappa shape index (κ3) is 0.744. The van der Waals surface area contributed by atoms with Crippen molar-refractivity contribution in [1.82, 2.24) is 4.03 Å². The number of nitrogens with zero attached hydrogens (tertiary/aromatic N) is 1. The van der Waals surface area contributed by atoms with E-state index < -0.39 is 0 Å². The Bertz CT molecular complexity index is 71.2. The van der Waals surface area contributed by atoms with Gasteiger partial charge in [-0.2, -0.15) is 0 Å². The van der Waals surface area contributed by atoms with Crippen molar-refractivity contribution in [1.29, 1.82) is 0 Å². The molecule has 2 nitrogen and oxygen atoms in total. The molecule has 0 fully saturated rings. The monoisotopic (exact) mass is 150 g/mol. The average Bonchev–Trinajstić information content (AvgIpc) is 1.86. The number of hydrazine groups is 1. The van der Waals surface area contributed by atoms with Gasteiger partial charge in [0.15, 0.2) is 0 Å². The molecule has 3 heteroatoms. The fourth-order valence-corrected chi connectivity index (χ4v) is 1.40. The summed E-state index contributed by atoms with van der Waals surface area (Å²) in [7, 11) is 0. The van der Waals surface area contributed by atoms with Gasteiger partial charge in [0, 0.05) is 0 Å². The van der Waals surface area contributed by atoms with Gasteiger partial charge in [-0.25, -0.2) is 0 Å². The summed E-state index contributed by atoms with van der Waals surface area (Å²) in [6, 6.07) is 0. The van der Waals surface area contributed by atoms with Crippen molar-refractivity contribution in [3.63, 3.8) is 0 Å². The van der Waals surface area contributed by atoms with Crippen LogP contribution in [-0.4, -0.2) is 19.2 Å². The molecular weight excluding hydrogens is 143 g/mol. The van der Waals surface area contributed by atoms with Gasteiger partial charge < -0.3 is 0 Å². The summed E-state index contributed by atoms with van der Waals surface area (Å²) >= 11 is 0.528. The van der Waals surface area contributed by atoms with Crippen LogP contribution in [0.15, 0.2) is 12.3 Å². The quantitative estimate of drug-likeness (QED) is 0.379. The van der Waals surface area contributed by atoms with E-state index in [9.17, 15) is 0 Å². The summed E-state index contributed by atoms with van der Waals surface area (Å²) in [5.74, 6) is 5.31. The number of nitrogens with two attached hydrogens (primary N) is 1. The Morgan fingerprint density at radius 3 is 2.83 bits per heavy atom. The standard InChI is InChI=1S/C3H6N2Se/c4-5-2-1-3-6-5/h1-2H,3-4H2. The Hall–Kier alpha value is 0.0195. The van der Waals surface area contributed by atoms with Gasteiger partial charge in [0.1, 0.15) is 0 Å². The summed E-state index contributed by atoms with van der Waals surface area (Å²) in [4.78, 5) is 0. The van der Waals surface area contributed by atoms with Crippen molar-refractivity contribution < 1.29 is 0 Å². The molecule has 0 aromatic heterocycles. The Kier molecular flexibility index (Phi) is 1.15. The summed E-state index contributed by atoms with van der Waals surface area (Å²) in [5.41, 5.74) is 0. The molecule has 0 aliphatic carbocycles. The Labute approximate surface area is 43.3 Å². The molecule has 1 heterocycles. The molecule has 0 saturated heterocycles. The zero-order valence-electron chi connectivity index (χ0n) is 3.29.